The van der Waals surface area contributed by atoms with Crippen molar-refractivity contribution < 1.29 is 14.3 Å². The number of carbonyl (C=O) groups excluding carboxylic acids is 1. The highest BCUT2D eigenvalue weighted by Gasteiger charge is 2.17. The van der Waals surface area contributed by atoms with E-state index < -0.39 is 0 Å². The lowest BCUT2D eigenvalue weighted by Crippen LogP contribution is -2.30. The number of aryl methyl sites for hydroxylation is 1. The molecule has 1 aromatic heterocycles. The maximum atomic E-state index is 12.2. The second-order valence-corrected chi connectivity index (χ2v) is 6.50. The molecule has 1 aromatic carbocycles. The molecular formula is C20H21N3O3. The molecule has 6 nitrogen and oxygen atoms in total. The van der Waals surface area contributed by atoms with Crippen molar-refractivity contribution in [3.63, 3.8) is 0 Å². The van der Waals surface area contributed by atoms with Gasteiger partial charge in [0.25, 0.3) is 5.91 Å². The zero-order valence-electron chi connectivity index (χ0n) is 15.3. The number of hydrogen-bond donors (Lipinski definition) is 1. The van der Waals surface area contributed by atoms with Gasteiger partial charge in [-0.15, -0.1) is 0 Å². The number of carbonyl (C=O) groups is 1. The summed E-state index contributed by atoms with van der Waals surface area (Å²) in [5, 5.41) is 12.1. The first-order chi connectivity index (χ1) is 12.4. The maximum Gasteiger partial charge on any atom is 0.262 e. The lowest BCUT2D eigenvalue weighted by molar-refractivity contribution is -0.117. The molecule has 0 spiro atoms. The summed E-state index contributed by atoms with van der Waals surface area (Å²) in [6.45, 7) is 7.89. The van der Waals surface area contributed by atoms with Gasteiger partial charge < -0.3 is 19.4 Å². The van der Waals surface area contributed by atoms with E-state index >= 15 is 0 Å². The Morgan fingerprint density at radius 1 is 1.27 bits per heavy atom. The van der Waals surface area contributed by atoms with Gasteiger partial charge >= 0.3 is 0 Å². The monoisotopic (exact) mass is 351 g/mol. The number of nitrogens with one attached hydrogen (secondary N) is 1. The zero-order valence-corrected chi connectivity index (χ0v) is 15.3. The average Bonchev–Trinajstić information content (AvgIpc) is 3.15. The fourth-order valence-corrected chi connectivity index (χ4v) is 3.00. The molecule has 0 fully saturated rings. The Kier molecular flexibility index (Phi) is 4.72. The molecule has 6 heteroatoms. The van der Waals surface area contributed by atoms with E-state index in [0.717, 1.165) is 28.4 Å². The third kappa shape index (κ3) is 3.29. The van der Waals surface area contributed by atoms with Gasteiger partial charge in [0.15, 0.2) is 11.5 Å². The standard InChI is InChI=1S/C20H21N3O3/c1-12(2)22-20(24)16(10-21)8-15-7-13(3)23(14(15)4)17-5-6-18-19(9-17)26-11-25-18/h5-9,12H,11H2,1-4H3,(H,22,24)/b16-8+. The van der Waals surface area contributed by atoms with Crippen LogP contribution in [0.2, 0.25) is 0 Å². The second kappa shape index (κ2) is 6.96. The smallest absolute Gasteiger partial charge is 0.262 e. The Balaban J connectivity index is 1.99. The van der Waals surface area contributed by atoms with Crippen molar-refractivity contribution in [2.24, 2.45) is 0 Å². The Labute approximate surface area is 152 Å². The molecule has 1 amide bonds. The van der Waals surface area contributed by atoms with E-state index in [4.69, 9.17) is 9.47 Å². The fourth-order valence-electron chi connectivity index (χ4n) is 3.00. The first kappa shape index (κ1) is 17.6. The predicted octanol–water partition coefficient (Wildman–Crippen LogP) is 3.25. The number of aromatic nitrogens is 1. The third-order valence-electron chi connectivity index (χ3n) is 4.17. The summed E-state index contributed by atoms with van der Waals surface area (Å²) in [4.78, 5) is 12.2. The lowest BCUT2D eigenvalue weighted by atomic mass is 10.1. The van der Waals surface area contributed by atoms with E-state index in [1.807, 2.05) is 58.0 Å². The number of amides is 1. The number of rotatable bonds is 4. The number of fused-ring (bicyclic) bond motifs is 1. The van der Waals surface area contributed by atoms with E-state index in [2.05, 4.69) is 9.88 Å². The van der Waals surface area contributed by atoms with Crippen LogP contribution in [-0.4, -0.2) is 23.3 Å². The quantitative estimate of drug-likeness (QED) is 0.678. The lowest BCUT2D eigenvalue weighted by Gasteiger charge is -2.10. The molecule has 0 aliphatic carbocycles. The average molecular weight is 351 g/mol. The summed E-state index contributed by atoms with van der Waals surface area (Å²) in [6.07, 6.45) is 1.63. The van der Waals surface area contributed by atoms with Gasteiger partial charge in [0.2, 0.25) is 6.79 Å². The predicted molar refractivity (Wildman–Crippen MR) is 98.2 cm³/mol. The van der Waals surface area contributed by atoms with Crippen molar-refractivity contribution in [2.75, 3.05) is 6.79 Å². The van der Waals surface area contributed by atoms with Crippen LogP contribution in [0.1, 0.15) is 30.8 Å². The molecule has 1 aliphatic rings. The van der Waals surface area contributed by atoms with Gasteiger partial charge in [0.1, 0.15) is 11.6 Å². The van der Waals surface area contributed by atoms with Crippen molar-refractivity contribution in [1.29, 1.82) is 5.26 Å². The highest BCUT2D eigenvalue weighted by atomic mass is 16.7. The summed E-state index contributed by atoms with van der Waals surface area (Å²) in [7, 11) is 0. The van der Waals surface area contributed by atoms with Crippen LogP contribution in [0.15, 0.2) is 29.8 Å². The van der Waals surface area contributed by atoms with Crippen LogP contribution in [0.5, 0.6) is 11.5 Å². The van der Waals surface area contributed by atoms with Gasteiger partial charge in [-0.2, -0.15) is 5.26 Å². The number of nitriles is 1. The van der Waals surface area contributed by atoms with Crippen molar-refractivity contribution in [2.45, 2.75) is 33.7 Å². The van der Waals surface area contributed by atoms with Crippen LogP contribution in [0.3, 0.4) is 0 Å². The van der Waals surface area contributed by atoms with Crippen LogP contribution in [-0.2, 0) is 4.79 Å². The topological polar surface area (TPSA) is 76.3 Å². The number of benzene rings is 1. The van der Waals surface area contributed by atoms with Crippen molar-refractivity contribution in [3.05, 3.63) is 46.8 Å². The van der Waals surface area contributed by atoms with Crippen LogP contribution < -0.4 is 14.8 Å². The van der Waals surface area contributed by atoms with Gasteiger partial charge in [-0.1, -0.05) is 0 Å². The molecule has 0 bridgehead atoms. The number of hydrogen-bond acceptors (Lipinski definition) is 4. The number of nitrogens with zero attached hydrogens (tertiary/aromatic N) is 2. The Hall–Kier alpha value is -3.20. The molecule has 3 rings (SSSR count). The van der Waals surface area contributed by atoms with Gasteiger partial charge in [0, 0.05) is 29.2 Å². The van der Waals surface area contributed by atoms with Gasteiger partial charge in [-0.05, 0) is 57.5 Å². The summed E-state index contributed by atoms with van der Waals surface area (Å²) in [5.41, 5.74) is 3.79. The van der Waals surface area contributed by atoms with Crippen LogP contribution in [0, 0.1) is 25.2 Å². The van der Waals surface area contributed by atoms with Gasteiger partial charge in [-0.25, -0.2) is 0 Å². The highest BCUT2D eigenvalue weighted by molar-refractivity contribution is 6.02. The summed E-state index contributed by atoms with van der Waals surface area (Å²) < 4.78 is 12.9. The van der Waals surface area contributed by atoms with E-state index in [1.165, 1.54) is 0 Å². The molecule has 1 N–H and O–H groups in total. The molecule has 1 aliphatic heterocycles. The van der Waals surface area contributed by atoms with Crippen LogP contribution >= 0.6 is 0 Å². The van der Waals surface area contributed by atoms with E-state index in [1.54, 1.807) is 6.08 Å². The third-order valence-corrected chi connectivity index (χ3v) is 4.17. The van der Waals surface area contributed by atoms with Gasteiger partial charge in [0.05, 0.1) is 0 Å². The second-order valence-electron chi connectivity index (χ2n) is 6.50. The highest BCUT2D eigenvalue weighted by Crippen LogP contribution is 2.35. The Morgan fingerprint density at radius 2 is 2.00 bits per heavy atom. The van der Waals surface area contributed by atoms with Crippen molar-refractivity contribution in [1.82, 2.24) is 9.88 Å². The van der Waals surface area contributed by atoms with Crippen LogP contribution in [0.4, 0.5) is 0 Å². The number of ether oxygens (including phenoxy) is 2. The molecule has 0 atom stereocenters. The maximum absolute atomic E-state index is 12.2. The van der Waals surface area contributed by atoms with E-state index in [-0.39, 0.29) is 24.3 Å². The van der Waals surface area contributed by atoms with Gasteiger partial charge in [-0.3, -0.25) is 4.79 Å². The molecule has 0 saturated heterocycles. The van der Waals surface area contributed by atoms with Crippen molar-refractivity contribution >= 4 is 12.0 Å². The fraction of sp³-hybridized carbons (Fsp3) is 0.300. The molecule has 0 saturated carbocycles. The Morgan fingerprint density at radius 3 is 2.69 bits per heavy atom. The molecule has 0 radical (unpaired) electrons. The van der Waals surface area contributed by atoms with Crippen molar-refractivity contribution in [3.8, 4) is 23.3 Å². The van der Waals surface area contributed by atoms with E-state index in [9.17, 15) is 10.1 Å². The summed E-state index contributed by atoms with van der Waals surface area (Å²) in [6, 6.07) is 9.68. The Bertz CT molecular complexity index is 933. The largest absolute Gasteiger partial charge is 0.454 e. The first-order valence-electron chi connectivity index (χ1n) is 8.42. The summed E-state index contributed by atoms with van der Waals surface area (Å²) in [5.74, 6) is 1.07. The molecule has 2 heterocycles. The molecule has 26 heavy (non-hydrogen) atoms. The first-order valence-corrected chi connectivity index (χ1v) is 8.42. The molecule has 0 unspecified atom stereocenters. The molecule has 134 valence electrons. The van der Waals surface area contributed by atoms with E-state index in [0.29, 0.717) is 5.75 Å². The SMILES string of the molecule is Cc1cc(/C=C(\C#N)C(=O)NC(C)C)c(C)n1-c1ccc2c(c1)OCO2. The summed E-state index contributed by atoms with van der Waals surface area (Å²) >= 11 is 0. The normalized spacial score (nSPS) is 13.0. The molecule has 2 aromatic rings. The minimum Gasteiger partial charge on any atom is -0.454 e. The zero-order chi connectivity index (χ0) is 18.8. The minimum atomic E-state index is -0.365. The van der Waals surface area contributed by atoms with Crippen LogP contribution in [0.25, 0.3) is 11.8 Å². The minimum absolute atomic E-state index is 0.0275. The molecular weight excluding hydrogens is 330 g/mol.